The summed E-state index contributed by atoms with van der Waals surface area (Å²) in [4.78, 5) is 6.90. The van der Waals surface area contributed by atoms with Crippen LogP contribution in [0.3, 0.4) is 0 Å². The highest BCUT2D eigenvalue weighted by atomic mass is 19.1. The molecule has 0 saturated carbocycles. The van der Waals surface area contributed by atoms with Crippen LogP contribution >= 0.6 is 0 Å². The number of rotatable bonds is 10. The van der Waals surface area contributed by atoms with Crippen molar-refractivity contribution in [2.45, 2.75) is 6.54 Å². The molecule has 0 aliphatic rings. The molecule has 0 atom stereocenters. The van der Waals surface area contributed by atoms with Gasteiger partial charge in [0.2, 0.25) is 0 Å². The summed E-state index contributed by atoms with van der Waals surface area (Å²) in [5.41, 5.74) is 4.28. The first-order valence-electron chi connectivity index (χ1n) is 9.15. The normalized spacial score (nSPS) is 11.2. The lowest BCUT2D eigenvalue weighted by Crippen LogP contribution is -2.11. The number of benzene rings is 2. The summed E-state index contributed by atoms with van der Waals surface area (Å²) in [6.45, 7) is 1.77. The highest BCUT2D eigenvalue weighted by Crippen LogP contribution is 2.26. The summed E-state index contributed by atoms with van der Waals surface area (Å²) >= 11 is 0. The zero-order chi connectivity index (χ0) is 19.1. The van der Waals surface area contributed by atoms with E-state index < -0.39 is 6.67 Å². The largest absolute Gasteiger partial charge is 0.378 e. The Balaban J connectivity index is 1.75. The minimum atomic E-state index is -0.461. The number of halogens is 1. The van der Waals surface area contributed by atoms with Gasteiger partial charge < -0.3 is 18.9 Å². The quantitative estimate of drug-likeness (QED) is 0.509. The molecule has 27 heavy (non-hydrogen) atoms. The fourth-order valence-electron chi connectivity index (χ4n) is 2.96. The lowest BCUT2D eigenvalue weighted by molar-refractivity contribution is 0.0405. The Morgan fingerprint density at radius 3 is 2.33 bits per heavy atom. The first-order valence-corrected chi connectivity index (χ1v) is 9.15. The van der Waals surface area contributed by atoms with Gasteiger partial charge in [0, 0.05) is 31.9 Å². The molecule has 0 spiro atoms. The summed E-state index contributed by atoms with van der Waals surface area (Å²) in [7, 11) is 4.05. The Morgan fingerprint density at radius 2 is 1.63 bits per heavy atom. The molecular weight excluding hydrogens is 345 g/mol. The number of anilines is 1. The molecule has 6 heteroatoms. The fourth-order valence-corrected chi connectivity index (χ4v) is 2.96. The Bertz CT molecular complexity index is 846. The minimum Gasteiger partial charge on any atom is -0.378 e. The van der Waals surface area contributed by atoms with E-state index in [4.69, 9.17) is 14.5 Å². The molecule has 2 aromatic carbocycles. The standard InChI is InChI=1S/C21H26FN3O2/c1-24(2)18-9-7-17(8-10-18)21-23-19-5-3-4-6-20(19)25(21)12-14-27-16-15-26-13-11-22/h3-10H,11-16H2,1-2H3. The predicted octanol–water partition coefficient (Wildman–Crippen LogP) is 3.77. The van der Waals surface area contributed by atoms with Gasteiger partial charge in [-0.25, -0.2) is 9.37 Å². The molecule has 1 heterocycles. The maximum atomic E-state index is 12.0. The Kier molecular flexibility index (Phi) is 6.79. The monoisotopic (exact) mass is 371 g/mol. The predicted molar refractivity (Wildman–Crippen MR) is 107 cm³/mol. The van der Waals surface area contributed by atoms with Gasteiger partial charge in [0.25, 0.3) is 0 Å². The molecule has 5 nitrogen and oxygen atoms in total. The second kappa shape index (κ2) is 9.48. The van der Waals surface area contributed by atoms with Gasteiger partial charge in [-0.3, -0.25) is 0 Å². The first kappa shape index (κ1) is 19.3. The van der Waals surface area contributed by atoms with Gasteiger partial charge in [-0.2, -0.15) is 0 Å². The van der Waals surface area contributed by atoms with Crippen LogP contribution in [0.25, 0.3) is 22.4 Å². The molecule has 144 valence electrons. The second-order valence-electron chi connectivity index (χ2n) is 6.43. The molecule has 3 rings (SSSR count). The first-order chi connectivity index (χ1) is 13.2. The van der Waals surface area contributed by atoms with E-state index in [1.807, 2.05) is 32.3 Å². The molecule has 0 saturated heterocycles. The van der Waals surface area contributed by atoms with E-state index >= 15 is 0 Å². The second-order valence-corrected chi connectivity index (χ2v) is 6.43. The van der Waals surface area contributed by atoms with Crippen LogP contribution in [0.5, 0.6) is 0 Å². The third-order valence-corrected chi connectivity index (χ3v) is 4.35. The van der Waals surface area contributed by atoms with Crippen LogP contribution in [0.1, 0.15) is 0 Å². The van der Waals surface area contributed by atoms with Crippen LogP contribution in [0.2, 0.25) is 0 Å². The highest BCUT2D eigenvalue weighted by molar-refractivity contribution is 5.80. The number of aromatic nitrogens is 2. The summed E-state index contributed by atoms with van der Waals surface area (Å²) < 4.78 is 24.9. The lowest BCUT2D eigenvalue weighted by Gasteiger charge is -2.13. The van der Waals surface area contributed by atoms with Gasteiger partial charge in [-0.05, 0) is 36.4 Å². The third-order valence-electron chi connectivity index (χ3n) is 4.35. The number of ether oxygens (including phenoxy) is 2. The van der Waals surface area contributed by atoms with E-state index in [1.54, 1.807) is 0 Å². The van der Waals surface area contributed by atoms with Crippen molar-refractivity contribution in [2.24, 2.45) is 0 Å². The van der Waals surface area contributed by atoms with Crippen molar-refractivity contribution in [3.05, 3.63) is 48.5 Å². The third kappa shape index (κ3) is 4.84. The summed E-state index contributed by atoms with van der Waals surface area (Å²) in [5, 5.41) is 0. The van der Waals surface area contributed by atoms with E-state index in [-0.39, 0.29) is 6.61 Å². The molecular formula is C21H26FN3O2. The smallest absolute Gasteiger partial charge is 0.141 e. The molecule has 0 aliphatic carbocycles. The number of hydrogen-bond acceptors (Lipinski definition) is 4. The van der Waals surface area contributed by atoms with Gasteiger partial charge in [-0.15, -0.1) is 0 Å². The topological polar surface area (TPSA) is 39.5 Å². The average Bonchev–Trinajstić information content (AvgIpc) is 3.06. The minimum absolute atomic E-state index is 0.128. The SMILES string of the molecule is CN(C)c1ccc(-c2nc3ccccc3n2CCOCCOCCF)cc1. The van der Waals surface area contributed by atoms with E-state index in [0.717, 1.165) is 28.1 Å². The number of imidazole rings is 1. The van der Waals surface area contributed by atoms with Gasteiger partial charge in [0.05, 0.1) is 37.5 Å². The number of nitrogens with zero attached hydrogens (tertiary/aromatic N) is 3. The molecule has 3 aromatic rings. The maximum absolute atomic E-state index is 12.0. The molecule has 0 radical (unpaired) electrons. The van der Waals surface area contributed by atoms with Gasteiger partial charge in [-0.1, -0.05) is 12.1 Å². The van der Waals surface area contributed by atoms with Crippen LogP contribution in [-0.4, -0.2) is 56.7 Å². The highest BCUT2D eigenvalue weighted by Gasteiger charge is 2.12. The van der Waals surface area contributed by atoms with E-state index in [2.05, 4.69) is 39.8 Å². The van der Waals surface area contributed by atoms with E-state index in [9.17, 15) is 4.39 Å². The van der Waals surface area contributed by atoms with Crippen molar-refractivity contribution >= 4 is 16.7 Å². The molecule has 0 amide bonds. The number of fused-ring (bicyclic) bond motifs is 1. The number of hydrogen-bond donors (Lipinski definition) is 0. The average molecular weight is 371 g/mol. The lowest BCUT2D eigenvalue weighted by atomic mass is 10.2. The molecule has 0 fully saturated rings. The Labute approximate surface area is 159 Å². The van der Waals surface area contributed by atoms with Crippen LogP contribution in [0, 0.1) is 0 Å². The van der Waals surface area contributed by atoms with E-state index in [1.165, 1.54) is 0 Å². The zero-order valence-electron chi connectivity index (χ0n) is 15.9. The molecule has 0 N–H and O–H groups in total. The van der Waals surface area contributed by atoms with Crippen LogP contribution in [-0.2, 0) is 16.0 Å². The summed E-state index contributed by atoms with van der Waals surface area (Å²) in [6.07, 6.45) is 0. The van der Waals surface area contributed by atoms with Crippen LogP contribution in [0.15, 0.2) is 48.5 Å². The van der Waals surface area contributed by atoms with Crippen LogP contribution in [0.4, 0.5) is 10.1 Å². The van der Waals surface area contributed by atoms with Crippen molar-refractivity contribution < 1.29 is 13.9 Å². The molecule has 1 aromatic heterocycles. The molecule has 0 bridgehead atoms. The fraction of sp³-hybridized carbons (Fsp3) is 0.381. The van der Waals surface area contributed by atoms with Crippen molar-refractivity contribution in [1.29, 1.82) is 0 Å². The van der Waals surface area contributed by atoms with E-state index in [0.29, 0.717) is 26.4 Å². The zero-order valence-corrected chi connectivity index (χ0v) is 15.9. The van der Waals surface area contributed by atoms with Crippen molar-refractivity contribution in [2.75, 3.05) is 52.1 Å². The van der Waals surface area contributed by atoms with Gasteiger partial charge in [0.1, 0.15) is 12.5 Å². The van der Waals surface area contributed by atoms with Crippen molar-refractivity contribution in [3.63, 3.8) is 0 Å². The molecule has 0 aliphatic heterocycles. The summed E-state index contributed by atoms with van der Waals surface area (Å²) in [5.74, 6) is 0.929. The Morgan fingerprint density at radius 1 is 0.926 bits per heavy atom. The van der Waals surface area contributed by atoms with Crippen molar-refractivity contribution in [3.8, 4) is 11.4 Å². The Hall–Kier alpha value is -2.44. The van der Waals surface area contributed by atoms with Gasteiger partial charge in [0.15, 0.2) is 0 Å². The number of alkyl halides is 1. The van der Waals surface area contributed by atoms with Crippen LogP contribution < -0.4 is 4.90 Å². The maximum Gasteiger partial charge on any atom is 0.141 e. The van der Waals surface area contributed by atoms with Crippen molar-refractivity contribution in [1.82, 2.24) is 9.55 Å². The summed E-state index contributed by atoms with van der Waals surface area (Å²) in [6, 6.07) is 16.5. The van der Waals surface area contributed by atoms with Gasteiger partial charge >= 0.3 is 0 Å². The molecule has 0 unspecified atom stereocenters. The number of para-hydroxylation sites is 2.